The van der Waals surface area contributed by atoms with Crippen LogP contribution in [0.4, 0.5) is 5.69 Å². The Bertz CT molecular complexity index is 655. The maximum Gasteiger partial charge on any atom is 1.00 e. The molecule has 0 aliphatic carbocycles. The summed E-state index contributed by atoms with van der Waals surface area (Å²) in [5.41, 5.74) is -0.0162. The van der Waals surface area contributed by atoms with E-state index in [1.807, 2.05) is 0 Å². The van der Waals surface area contributed by atoms with Crippen LogP contribution < -0.4 is 10.5 Å². The van der Waals surface area contributed by atoms with Gasteiger partial charge in [-0.3, -0.25) is 4.79 Å². The van der Waals surface area contributed by atoms with Crippen LogP contribution in [0.15, 0.2) is 28.0 Å². The predicted octanol–water partition coefficient (Wildman–Crippen LogP) is -0.855. The van der Waals surface area contributed by atoms with Gasteiger partial charge in [0.1, 0.15) is 0 Å². The average Bonchev–Trinajstić information content (AvgIpc) is 2.13. The molecule has 1 amide bonds. The first-order valence-corrected chi connectivity index (χ1v) is 8.37. The molecule has 0 heterocycles. The first-order chi connectivity index (χ1) is 8.00. The third-order valence-corrected chi connectivity index (χ3v) is 4.10. The molecule has 0 atom stereocenters. The topological polar surface area (TPSA) is 123 Å². The zero-order valence-corrected chi connectivity index (χ0v) is 18.1. The standard InChI is InChI=1S/C8H10N2O5S3.Au.K/c1-5(11)10-6-2-7(17(9,12)13)4-8(3-6)18(14,15)16;;/h2-4H,1H3,(H,10,11)(H2,9,12,13)(H,14,15,16);;/q;+1;/p-1. The second-order valence-corrected chi connectivity index (χ2v) is 7.63. The van der Waals surface area contributed by atoms with Crippen molar-refractivity contribution in [3.05, 3.63) is 18.2 Å². The molecule has 0 fully saturated rings. The summed E-state index contributed by atoms with van der Waals surface area (Å²) in [6, 6.07) is 2.93. The van der Waals surface area contributed by atoms with Crippen LogP contribution in [-0.2, 0) is 57.7 Å². The van der Waals surface area contributed by atoms with E-state index in [4.69, 9.17) is 5.14 Å². The van der Waals surface area contributed by atoms with Gasteiger partial charge in [-0.2, -0.15) is 0 Å². The minimum Gasteiger partial charge on any atom is -0.644 e. The van der Waals surface area contributed by atoms with Crippen LogP contribution in [0.3, 0.4) is 0 Å². The second kappa shape index (κ2) is 8.79. The molecule has 12 heteroatoms. The number of amides is 1. The van der Waals surface area contributed by atoms with Crippen molar-refractivity contribution in [2.24, 2.45) is 5.14 Å². The molecule has 0 saturated carbocycles. The van der Waals surface area contributed by atoms with Crippen molar-refractivity contribution in [2.75, 3.05) is 5.32 Å². The Balaban J connectivity index is 0. The van der Waals surface area contributed by atoms with E-state index in [1.165, 1.54) is 6.92 Å². The molecule has 1 radical (unpaired) electrons. The van der Waals surface area contributed by atoms with Crippen LogP contribution in [0.25, 0.3) is 0 Å². The Hall–Kier alpha value is 1.28. The zero-order valence-electron chi connectivity index (χ0n) is 10.4. The summed E-state index contributed by atoms with van der Waals surface area (Å²) in [6.45, 7) is 1.19. The van der Waals surface area contributed by atoms with Crippen LogP contribution in [0, 0.1) is 0 Å². The Morgan fingerprint density at radius 2 is 1.60 bits per heavy atom. The van der Waals surface area contributed by atoms with E-state index in [1.54, 1.807) is 0 Å². The smallest absolute Gasteiger partial charge is 0.644 e. The molecular weight excluding hydrogens is 536 g/mol. The van der Waals surface area contributed by atoms with Crippen molar-refractivity contribution < 1.29 is 44.0 Å². The van der Waals surface area contributed by atoms with Crippen LogP contribution in [-0.4, -0.2) is 74.1 Å². The summed E-state index contributed by atoms with van der Waals surface area (Å²) in [7, 11) is -8.14. The van der Waals surface area contributed by atoms with E-state index in [0.717, 1.165) is 18.2 Å². The summed E-state index contributed by atoms with van der Waals surface area (Å²) in [5, 5.41) is 7.16. The van der Waals surface area contributed by atoms with E-state index < -0.39 is 34.6 Å². The number of hydrogen-bond donors (Lipinski definition) is 2. The molecule has 20 heavy (non-hydrogen) atoms. The number of sulfonamides is 1. The van der Waals surface area contributed by atoms with Gasteiger partial charge in [0.05, 0.1) is 13.8 Å². The minimum absolute atomic E-state index is 0. The summed E-state index contributed by atoms with van der Waals surface area (Å²) in [5.74, 6) is -0.491. The molecule has 3 N–H and O–H groups in total. The monoisotopic (exact) mass is 545 g/mol. The van der Waals surface area contributed by atoms with Crippen molar-refractivity contribution in [1.29, 1.82) is 0 Å². The van der Waals surface area contributed by atoms with Gasteiger partial charge in [0.25, 0.3) is 0 Å². The second-order valence-electron chi connectivity index (χ2n) is 3.37. The van der Waals surface area contributed by atoms with Gasteiger partial charge in [-0.15, -0.1) is 0 Å². The summed E-state index contributed by atoms with van der Waals surface area (Å²) in [4.78, 5) is 10.00. The van der Waals surface area contributed by atoms with Crippen molar-refractivity contribution in [3.63, 3.8) is 0 Å². The van der Waals surface area contributed by atoms with Crippen molar-refractivity contribution in [2.45, 2.75) is 16.7 Å². The molecule has 7 nitrogen and oxygen atoms in total. The van der Waals surface area contributed by atoms with E-state index in [2.05, 4.69) is 17.0 Å². The van der Waals surface area contributed by atoms with Gasteiger partial charge in [-0.25, -0.2) is 22.0 Å². The molecule has 0 spiro atoms. The van der Waals surface area contributed by atoms with Gasteiger partial charge in [0.15, 0.2) is 0 Å². The zero-order chi connectivity index (χ0) is 14.1. The SMILES string of the molecule is CC(=O)Nc1cc(S(N)(=O)=O)cc(S(=O)(=O)[S-])c1.[Au+].[K]. The first-order valence-electron chi connectivity index (χ1n) is 4.41. The Morgan fingerprint density at radius 3 is 1.95 bits per heavy atom. The number of nitrogens with two attached hydrogens (primary N) is 1. The number of benzene rings is 1. The minimum atomic E-state index is -4.11. The van der Waals surface area contributed by atoms with Crippen molar-refractivity contribution >= 4 is 93.5 Å². The van der Waals surface area contributed by atoms with Gasteiger partial charge in [0, 0.05) is 68.9 Å². The van der Waals surface area contributed by atoms with E-state index >= 15 is 0 Å². The normalized spacial score (nSPS) is 10.9. The maximum absolute atomic E-state index is 11.2. The molecule has 111 valence electrons. The van der Waals surface area contributed by atoms with Crippen LogP contribution >= 0.6 is 0 Å². The van der Waals surface area contributed by atoms with Crippen molar-refractivity contribution in [3.8, 4) is 0 Å². The maximum atomic E-state index is 11.2. The largest absolute Gasteiger partial charge is 1.00 e. The molecule has 0 unspecified atom stereocenters. The van der Waals surface area contributed by atoms with Gasteiger partial charge in [0.2, 0.25) is 15.9 Å². The first kappa shape index (κ1) is 23.5. The predicted molar refractivity (Wildman–Crippen MR) is 72.4 cm³/mol. The Labute approximate surface area is 180 Å². The number of carbonyl (C=O) groups is 1. The van der Waals surface area contributed by atoms with E-state index in [9.17, 15) is 21.6 Å². The van der Waals surface area contributed by atoms with Gasteiger partial charge < -0.3 is 17.0 Å². The fourth-order valence-corrected chi connectivity index (χ4v) is 2.64. The number of anilines is 1. The summed E-state index contributed by atoms with van der Waals surface area (Å²) in [6.07, 6.45) is 0. The van der Waals surface area contributed by atoms with Gasteiger partial charge >= 0.3 is 22.4 Å². The quantitative estimate of drug-likeness (QED) is 0.290. The number of nitrogens with one attached hydrogen (secondary N) is 1. The fourth-order valence-electron chi connectivity index (χ4n) is 1.16. The molecule has 0 saturated heterocycles. The molecular formula is C8H9AuKN2O5S3. The molecule has 1 aromatic rings. The summed E-state index contributed by atoms with van der Waals surface area (Å²) >= 11 is 4.23. The molecule has 1 aromatic carbocycles. The third kappa shape index (κ3) is 7.51. The summed E-state index contributed by atoms with van der Waals surface area (Å²) < 4.78 is 44.8. The van der Waals surface area contributed by atoms with Crippen LogP contribution in [0.1, 0.15) is 6.92 Å². The number of carbonyl (C=O) groups excluding carboxylic acids is 1. The van der Waals surface area contributed by atoms with E-state index in [0.29, 0.717) is 0 Å². The van der Waals surface area contributed by atoms with Crippen molar-refractivity contribution in [1.82, 2.24) is 0 Å². The van der Waals surface area contributed by atoms with Crippen LogP contribution in [0.2, 0.25) is 0 Å². The van der Waals surface area contributed by atoms with Crippen LogP contribution in [0.5, 0.6) is 0 Å². The fraction of sp³-hybridized carbons (Fsp3) is 0.125. The third-order valence-electron chi connectivity index (χ3n) is 1.82. The average molecular weight is 545 g/mol. The molecule has 0 aliphatic rings. The number of rotatable bonds is 3. The molecule has 0 aromatic heterocycles. The number of primary sulfonamides is 1. The van der Waals surface area contributed by atoms with Gasteiger partial charge in [-0.1, -0.05) is 0 Å². The molecule has 0 aliphatic heterocycles. The number of hydrogen-bond acceptors (Lipinski definition) is 6. The molecule has 1 rings (SSSR count). The Morgan fingerprint density at radius 1 is 1.15 bits per heavy atom. The molecule has 0 bridgehead atoms. The van der Waals surface area contributed by atoms with Gasteiger partial charge in [-0.05, 0) is 18.2 Å². The Kier molecular flexibility index (Phi) is 10.3. The van der Waals surface area contributed by atoms with E-state index in [-0.39, 0.29) is 79.5 Å².